The number of unbranched alkanes of at least 4 members (excludes halogenated alkanes) is 1. The van der Waals surface area contributed by atoms with Crippen molar-refractivity contribution < 1.29 is 4.74 Å². The quantitative estimate of drug-likeness (QED) is 0.582. The molecule has 4 heteroatoms. The molecular formula is C20H23ClN2O. The Labute approximate surface area is 147 Å². The smallest absolute Gasteiger partial charge is 0.120 e. The predicted molar refractivity (Wildman–Crippen MR) is 102 cm³/mol. The van der Waals surface area contributed by atoms with E-state index in [0.29, 0.717) is 6.61 Å². The molecule has 0 spiro atoms. The maximum Gasteiger partial charge on any atom is 0.120 e. The van der Waals surface area contributed by atoms with E-state index in [-0.39, 0.29) is 0 Å². The van der Waals surface area contributed by atoms with Gasteiger partial charge in [0.05, 0.1) is 6.61 Å². The van der Waals surface area contributed by atoms with Crippen LogP contribution in [-0.4, -0.2) is 18.1 Å². The van der Waals surface area contributed by atoms with E-state index in [1.807, 2.05) is 25.1 Å². The summed E-state index contributed by atoms with van der Waals surface area (Å²) in [5.41, 5.74) is 10.4. The molecular weight excluding hydrogens is 320 g/mol. The molecule has 0 atom stereocenters. The van der Waals surface area contributed by atoms with Gasteiger partial charge in [-0.05, 0) is 74.2 Å². The number of rotatable bonds is 7. The van der Waals surface area contributed by atoms with Crippen LogP contribution < -0.4 is 10.5 Å². The second kappa shape index (κ2) is 7.73. The lowest BCUT2D eigenvalue weighted by molar-refractivity contribution is 0.340. The van der Waals surface area contributed by atoms with Crippen molar-refractivity contribution in [2.45, 2.75) is 26.2 Å². The Bertz CT molecular complexity index is 808. The van der Waals surface area contributed by atoms with Crippen molar-refractivity contribution in [2.24, 2.45) is 5.73 Å². The van der Waals surface area contributed by atoms with Gasteiger partial charge in [-0.15, -0.1) is 0 Å². The summed E-state index contributed by atoms with van der Waals surface area (Å²) in [6, 6.07) is 14.2. The molecule has 0 radical (unpaired) electrons. The molecule has 0 fully saturated rings. The van der Waals surface area contributed by atoms with Crippen LogP contribution in [0.5, 0.6) is 5.75 Å². The molecule has 3 aromatic rings. The molecule has 3 nitrogen and oxygen atoms in total. The predicted octanol–water partition coefficient (Wildman–Crippen LogP) is 5.17. The average Bonchev–Trinajstić information content (AvgIpc) is 2.94. The van der Waals surface area contributed by atoms with E-state index >= 15 is 0 Å². The number of fused-ring (bicyclic) bond motifs is 1. The number of aromatic amines is 1. The molecule has 0 unspecified atom stereocenters. The second-order valence-corrected chi connectivity index (χ2v) is 6.31. The number of hydrogen-bond acceptors (Lipinski definition) is 2. The maximum absolute atomic E-state index is 6.03. The molecule has 0 aliphatic carbocycles. The maximum atomic E-state index is 6.03. The lowest BCUT2D eigenvalue weighted by Crippen LogP contribution is -1.99. The van der Waals surface area contributed by atoms with Gasteiger partial charge in [0.25, 0.3) is 0 Å². The van der Waals surface area contributed by atoms with E-state index in [0.717, 1.165) is 53.4 Å². The normalized spacial score (nSPS) is 11.1. The number of aryl methyl sites for hydroxylation is 1. The number of ether oxygens (including phenoxy) is 1. The first-order chi connectivity index (χ1) is 11.7. The lowest BCUT2D eigenvalue weighted by Gasteiger charge is -2.06. The van der Waals surface area contributed by atoms with E-state index in [4.69, 9.17) is 22.1 Å². The average molecular weight is 343 g/mol. The Morgan fingerprint density at radius 3 is 2.58 bits per heavy atom. The van der Waals surface area contributed by atoms with Crippen LogP contribution in [0.4, 0.5) is 0 Å². The fraction of sp³-hybridized carbons (Fsp3) is 0.300. The first kappa shape index (κ1) is 16.9. The third-order valence-electron chi connectivity index (χ3n) is 4.20. The highest BCUT2D eigenvalue weighted by molar-refractivity contribution is 6.30. The Hall–Kier alpha value is -1.97. The third-order valence-corrected chi connectivity index (χ3v) is 4.45. The topological polar surface area (TPSA) is 51.0 Å². The zero-order chi connectivity index (χ0) is 16.9. The molecule has 126 valence electrons. The minimum absolute atomic E-state index is 0.669. The van der Waals surface area contributed by atoms with Crippen molar-refractivity contribution in [1.82, 2.24) is 4.98 Å². The monoisotopic (exact) mass is 342 g/mol. The molecule has 2 aromatic carbocycles. The highest BCUT2D eigenvalue weighted by Gasteiger charge is 2.14. The standard InChI is InChI=1S/C20H23ClN2O/c1-2-24-16-10-11-19-18(13-16)17(5-3-4-12-22)20(23-19)14-6-8-15(21)9-7-14/h6-11,13,23H,2-5,12,22H2,1H3. The first-order valence-corrected chi connectivity index (χ1v) is 8.84. The number of hydrogen-bond donors (Lipinski definition) is 2. The fourth-order valence-electron chi connectivity index (χ4n) is 3.05. The first-order valence-electron chi connectivity index (χ1n) is 8.46. The third kappa shape index (κ3) is 3.58. The van der Waals surface area contributed by atoms with Gasteiger partial charge in [0, 0.05) is 21.6 Å². The summed E-state index contributed by atoms with van der Waals surface area (Å²) < 4.78 is 5.67. The van der Waals surface area contributed by atoms with Gasteiger partial charge < -0.3 is 15.5 Å². The second-order valence-electron chi connectivity index (χ2n) is 5.87. The number of halogens is 1. The summed E-state index contributed by atoms with van der Waals surface area (Å²) in [5, 5.41) is 1.97. The Morgan fingerprint density at radius 2 is 1.88 bits per heavy atom. The number of nitrogens with two attached hydrogens (primary N) is 1. The van der Waals surface area contributed by atoms with E-state index in [1.54, 1.807) is 0 Å². The van der Waals surface area contributed by atoms with Crippen molar-refractivity contribution in [3.63, 3.8) is 0 Å². The summed E-state index contributed by atoms with van der Waals surface area (Å²) in [5.74, 6) is 0.909. The lowest BCUT2D eigenvalue weighted by atomic mass is 10.00. The van der Waals surface area contributed by atoms with E-state index in [9.17, 15) is 0 Å². The van der Waals surface area contributed by atoms with Crippen LogP contribution in [0.25, 0.3) is 22.2 Å². The minimum atomic E-state index is 0.669. The van der Waals surface area contributed by atoms with Crippen LogP contribution >= 0.6 is 11.6 Å². The number of H-pyrrole nitrogens is 1. The van der Waals surface area contributed by atoms with Crippen LogP contribution in [0, 0.1) is 0 Å². The minimum Gasteiger partial charge on any atom is -0.494 e. The van der Waals surface area contributed by atoms with Crippen molar-refractivity contribution in [1.29, 1.82) is 0 Å². The van der Waals surface area contributed by atoms with Crippen LogP contribution in [0.1, 0.15) is 25.3 Å². The van der Waals surface area contributed by atoms with Crippen molar-refractivity contribution in [2.75, 3.05) is 13.2 Å². The Balaban J connectivity index is 2.08. The Morgan fingerprint density at radius 1 is 1.08 bits per heavy atom. The Kier molecular flexibility index (Phi) is 5.44. The zero-order valence-corrected chi connectivity index (χ0v) is 14.7. The van der Waals surface area contributed by atoms with Gasteiger partial charge in [-0.25, -0.2) is 0 Å². The molecule has 0 aliphatic heterocycles. The molecule has 0 bridgehead atoms. The highest BCUT2D eigenvalue weighted by Crippen LogP contribution is 2.34. The number of benzene rings is 2. The van der Waals surface area contributed by atoms with Gasteiger partial charge in [0.1, 0.15) is 5.75 Å². The van der Waals surface area contributed by atoms with Gasteiger partial charge in [0.2, 0.25) is 0 Å². The van der Waals surface area contributed by atoms with Gasteiger partial charge in [-0.1, -0.05) is 23.7 Å². The summed E-state index contributed by atoms with van der Waals surface area (Å²) >= 11 is 6.03. The summed E-state index contributed by atoms with van der Waals surface area (Å²) in [6.45, 7) is 3.40. The molecule has 0 saturated heterocycles. The van der Waals surface area contributed by atoms with E-state index < -0.39 is 0 Å². The highest BCUT2D eigenvalue weighted by atomic mass is 35.5. The largest absolute Gasteiger partial charge is 0.494 e. The van der Waals surface area contributed by atoms with Gasteiger partial charge >= 0.3 is 0 Å². The van der Waals surface area contributed by atoms with Crippen molar-refractivity contribution in [3.05, 3.63) is 53.1 Å². The number of aromatic nitrogens is 1. The summed E-state index contributed by atoms with van der Waals surface area (Å²) in [4.78, 5) is 3.57. The zero-order valence-electron chi connectivity index (χ0n) is 13.9. The molecule has 0 aliphatic rings. The summed E-state index contributed by atoms with van der Waals surface area (Å²) in [7, 11) is 0. The van der Waals surface area contributed by atoms with Crippen molar-refractivity contribution in [3.8, 4) is 17.0 Å². The molecule has 24 heavy (non-hydrogen) atoms. The fourth-order valence-corrected chi connectivity index (χ4v) is 3.18. The van der Waals surface area contributed by atoms with Crippen LogP contribution in [0.3, 0.4) is 0 Å². The van der Waals surface area contributed by atoms with Crippen LogP contribution in [-0.2, 0) is 6.42 Å². The van der Waals surface area contributed by atoms with Crippen LogP contribution in [0.15, 0.2) is 42.5 Å². The molecule has 3 N–H and O–H groups in total. The molecule has 1 aromatic heterocycles. The molecule has 0 saturated carbocycles. The molecule has 0 amide bonds. The SMILES string of the molecule is CCOc1ccc2[nH]c(-c3ccc(Cl)cc3)c(CCCCN)c2c1. The van der Waals surface area contributed by atoms with Gasteiger partial charge in [-0.2, -0.15) is 0 Å². The van der Waals surface area contributed by atoms with Crippen molar-refractivity contribution >= 4 is 22.5 Å². The van der Waals surface area contributed by atoms with Crippen LogP contribution in [0.2, 0.25) is 5.02 Å². The van der Waals surface area contributed by atoms with E-state index in [2.05, 4.69) is 29.2 Å². The molecule has 3 rings (SSSR count). The number of nitrogens with one attached hydrogen (secondary N) is 1. The molecule has 1 heterocycles. The summed E-state index contributed by atoms with van der Waals surface area (Å²) in [6.07, 6.45) is 3.09. The van der Waals surface area contributed by atoms with Gasteiger partial charge in [-0.3, -0.25) is 0 Å². The van der Waals surface area contributed by atoms with Gasteiger partial charge in [0.15, 0.2) is 0 Å². The van der Waals surface area contributed by atoms with E-state index in [1.165, 1.54) is 10.9 Å².